The molecule has 0 unspecified atom stereocenters. The molecule has 0 aliphatic carbocycles. The Morgan fingerprint density at radius 2 is 1.67 bits per heavy atom. The number of halogens is 1. The van der Waals surface area contributed by atoms with Crippen molar-refractivity contribution in [3.05, 3.63) is 71.3 Å². The van der Waals surface area contributed by atoms with Crippen molar-refractivity contribution >= 4 is 23.4 Å². The predicted molar refractivity (Wildman–Crippen MR) is 79.1 cm³/mol. The average Bonchev–Trinajstić information content (AvgIpc) is 2.48. The lowest BCUT2D eigenvalue weighted by Crippen LogP contribution is -1.96. The molecule has 2 rings (SSSR count). The predicted octanol–water partition coefficient (Wildman–Crippen LogP) is 3.96. The number of ketones is 1. The molecule has 0 aliphatic rings. The Morgan fingerprint density at radius 3 is 2.29 bits per heavy atom. The van der Waals surface area contributed by atoms with Crippen molar-refractivity contribution < 1.29 is 19.4 Å². The highest BCUT2D eigenvalue weighted by Crippen LogP contribution is 2.28. The molecule has 0 heterocycles. The summed E-state index contributed by atoms with van der Waals surface area (Å²) in [6.07, 6.45) is 1.81. The lowest BCUT2D eigenvalue weighted by molar-refractivity contribution is -0.131. The Hall–Kier alpha value is -2.59. The number of hydrogen-bond acceptors (Lipinski definition) is 3. The normalized spacial score (nSPS) is 10.5. The van der Waals surface area contributed by atoms with E-state index in [4.69, 9.17) is 21.4 Å². The number of aliphatic carboxylic acids is 1. The molecule has 4 nitrogen and oxygen atoms in total. The van der Waals surface area contributed by atoms with E-state index in [0.29, 0.717) is 22.1 Å². The Kier molecular flexibility index (Phi) is 4.74. The highest BCUT2D eigenvalue weighted by molar-refractivity contribution is 6.32. The van der Waals surface area contributed by atoms with E-state index in [0.717, 1.165) is 12.2 Å². The Morgan fingerprint density at radius 1 is 1.00 bits per heavy atom. The highest BCUT2D eigenvalue weighted by atomic mass is 35.5. The molecule has 0 amide bonds. The van der Waals surface area contributed by atoms with Crippen LogP contribution in [-0.2, 0) is 4.79 Å². The number of carboxylic acids is 1. The van der Waals surface area contributed by atoms with Crippen LogP contribution in [0.25, 0.3) is 0 Å². The van der Waals surface area contributed by atoms with Gasteiger partial charge in [0.1, 0.15) is 11.5 Å². The molecule has 2 aromatic rings. The van der Waals surface area contributed by atoms with Crippen LogP contribution in [0.1, 0.15) is 10.4 Å². The van der Waals surface area contributed by atoms with Crippen LogP contribution in [0.5, 0.6) is 11.5 Å². The van der Waals surface area contributed by atoms with Crippen molar-refractivity contribution in [2.24, 2.45) is 0 Å². The van der Waals surface area contributed by atoms with Crippen molar-refractivity contribution in [3.8, 4) is 11.5 Å². The molecule has 1 N–H and O–H groups in total. The molecule has 0 saturated carbocycles. The minimum absolute atomic E-state index is 0.374. The molecule has 0 aliphatic heterocycles. The summed E-state index contributed by atoms with van der Waals surface area (Å²) >= 11 is 5.98. The van der Waals surface area contributed by atoms with Gasteiger partial charge in [-0.1, -0.05) is 23.7 Å². The number of allylic oxidation sites excluding steroid dienone is 1. The third-order valence-corrected chi connectivity index (χ3v) is 2.89. The smallest absolute Gasteiger partial charge is 0.328 e. The second-order valence-corrected chi connectivity index (χ2v) is 4.50. The molecule has 0 atom stereocenters. The molecule has 21 heavy (non-hydrogen) atoms. The van der Waals surface area contributed by atoms with E-state index in [1.165, 1.54) is 0 Å². The lowest BCUT2D eigenvalue weighted by Gasteiger charge is -2.07. The van der Waals surface area contributed by atoms with Crippen LogP contribution in [0.15, 0.2) is 60.7 Å². The molecule has 0 fully saturated rings. The van der Waals surface area contributed by atoms with Crippen molar-refractivity contribution in [2.75, 3.05) is 0 Å². The van der Waals surface area contributed by atoms with Crippen LogP contribution in [0.2, 0.25) is 5.02 Å². The molecule has 5 heteroatoms. The van der Waals surface area contributed by atoms with Gasteiger partial charge in [-0.25, -0.2) is 4.79 Å². The number of hydrogen-bond donors (Lipinski definition) is 1. The Bertz CT molecular complexity index is 690. The first-order valence-electron chi connectivity index (χ1n) is 6.04. The minimum Gasteiger partial charge on any atom is -0.478 e. The second-order valence-electron chi connectivity index (χ2n) is 4.09. The van der Waals surface area contributed by atoms with Gasteiger partial charge in [-0.3, -0.25) is 4.79 Å². The maximum Gasteiger partial charge on any atom is 0.328 e. The van der Waals surface area contributed by atoms with Crippen LogP contribution >= 0.6 is 11.6 Å². The third-order valence-electron chi connectivity index (χ3n) is 2.58. The van der Waals surface area contributed by atoms with E-state index in [1.807, 2.05) is 0 Å². The van der Waals surface area contributed by atoms with E-state index in [-0.39, 0.29) is 5.78 Å². The van der Waals surface area contributed by atoms with Gasteiger partial charge in [0.05, 0.1) is 5.02 Å². The number of carbonyl (C=O) groups excluding carboxylic acids is 1. The summed E-state index contributed by atoms with van der Waals surface area (Å²) in [4.78, 5) is 22.0. The van der Waals surface area contributed by atoms with E-state index in [1.54, 1.807) is 48.5 Å². The Labute approximate surface area is 126 Å². The summed E-state index contributed by atoms with van der Waals surface area (Å²) in [6, 6.07) is 13.4. The summed E-state index contributed by atoms with van der Waals surface area (Å²) in [7, 11) is 0. The van der Waals surface area contributed by atoms with Gasteiger partial charge in [0.25, 0.3) is 0 Å². The highest BCUT2D eigenvalue weighted by Gasteiger charge is 2.05. The fourth-order valence-electron chi connectivity index (χ4n) is 1.58. The third kappa shape index (κ3) is 4.19. The summed E-state index contributed by atoms with van der Waals surface area (Å²) in [5.41, 5.74) is 0.374. The van der Waals surface area contributed by atoms with Gasteiger partial charge in [0.2, 0.25) is 0 Å². The zero-order valence-corrected chi connectivity index (χ0v) is 11.6. The largest absolute Gasteiger partial charge is 0.478 e. The Balaban J connectivity index is 2.11. The van der Waals surface area contributed by atoms with Gasteiger partial charge in [-0.2, -0.15) is 0 Å². The quantitative estimate of drug-likeness (QED) is 0.671. The standard InChI is InChI=1S/C16H11ClO4/c17-13-3-1-2-4-15(13)21-12-7-5-11(6-8-12)14(18)9-10-16(19)20/h1-10H,(H,19,20). The first-order chi connectivity index (χ1) is 10.1. The van der Waals surface area contributed by atoms with E-state index < -0.39 is 5.97 Å². The van der Waals surface area contributed by atoms with Gasteiger partial charge >= 0.3 is 5.97 Å². The first kappa shape index (κ1) is 14.8. The molecular weight excluding hydrogens is 292 g/mol. The summed E-state index contributed by atoms with van der Waals surface area (Å²) in [6.45, 7) is 0. The molecule has 0 aromatic heterocycles. The zero-order valence-electron chi connectivity index (χ0n) is 10.8. The van der Waals surface area contributed by atoms with Crippen molar-refractivity contribution in [1.82, 2.24) is 0 Å². The first-order valence-corrected chi connectivity index (χ1v) is 6.42. The van der Waals surface area contributed by atoms with Gasteiger partial charge < -0.3 is 9.84 Å². The molecular formula is C16H11ClO4. The number of carboxylic acid groups (broad SMARTS) is 1. The molecule has 2 aromatic carbocycles. The maximum absolute atomic E-state index is 11.7. The van der Waals surface area contributed by atoms with Crippen LogP contribution in [0.4, 0.5) is 0 Å². The van der Waals surface area contributed by atoms with Gasteiger partial charge in [0, 0.05) is 11.6 Å². The average molecular weight is 303 g/mol. The van der Waals surface area contributed by atoms with Crippen LogP contribution < -0.4 is 4.74 Å². The van der Waals surface area contributed by atoms with Gasteiger partial charge in [-0.05, 0) is 42.5 Å². The van der Waals surface area contributed by atoms with Crippen molar-refractivity contribution in [1.29, 1.82) is 0 Å². The maximum atomic E-state index is 11.7. The SMILES string of the molecule is O=C(O)C=CC(=O)c1ccc(Oc2ccccc2Cl)cc1. The van der Waals surface area contributed by atoms with Gasteiger partial charge in [-0.15, -0.1) is 0 Å². The fourth-order valence-corrected chi connectivity index (χ4v) is 1.76. The molecule has 106 valence electrons. The summed E-state index contributed by atoms with van der Waals surface area (Å²) < 4.78 is 5.59. The number of para-hydroxylation sites is 1. The zero-order chi connectivity index (χ0) is 15.2. The summed E-state index contributed by atoms with van der Waals surface area (Å²) in [5.74, 6) is -0.505. The topological polar surface area (TPSA) is 63.6 Å². The van der Waals surface area contributed by atoms with Gasteiger partial charge in [0.15, 0.2) is 5.78 Å². The van der Waals surface area contributed by atoms with Crippen LogP contribution in [0, 0.1) is 0 Å². The monoisotopic (exact) mass is 302 g/mol. The lowest BCUT2D eigenvalue weighted by atomic mass is 10.1. The molecule has 0 radical (unpaired) electrons. The second kappa shape index (κ2) is 6.72. The number of ether oxygens (including phenoxy) is 1. The molecule has 0 bridgehead atoms. The minimum atomic E-state index is -1.16. The summed E-state index contributed by atoms with van der Waals surface area (Å²) in [5, 5.41) is 8.96. The number of rotatable bonds is 5. The van der Waals surface area contributed by atoms with Crippen LogP contribution in [-0.4, -0.2) is 16.9 Å². The van der Waals surface area contributed by atoms with Crippen molar-refractivity contribution in [3.63, 3.8) is 0 Å². The molecule has 0 spiro atoms. The van der Waals surface area contributed by atoms with E-state index >= 15 is 0 Å². The van der Waals surface area contributed by atoms with E-state index in [9.17, 15) is 9.59 Å². The van der Waals surface area contributed by atoms with Crippen molar-refractivity contribution in [2.45, 2.75) is 0 Å². The van der Waals surface area contributed by atoms with Crippen LogP contribution in [0.3, 0.4) is 0 Å². The fraction of sp³-hybridized carbons (Fsp3) is 0. The number of benzene rings is 2. The number of carbonyl (C=O) groups is 2. The molecule has 0 saturated heterocycles. The van der Waals surface area contributed by atoms with E-state index in [2.05, 4.69) is 0 Å².